The summed E-state index contributed by atoms with van der Waals surface area (Å²) in [6.07, 6.45) is 0. The van der Waals surface area contributed by atoms with E-state index in [-0.39, 0.29) is 12.5 Å². The Kier molecular flexibility index (Phi) is 4.57. The number of aliphatic hydroxyl groups is 1. The molecule has 1 aromatic carbocycles. The van der Waals surface area contributed by atoms with Crippen molar-refractivity contribution in [3.05, 3.63) is 51.2 Å². The third-order valence-corrected chi connectivity index (χ3v) is 3.76. The van der Waals surface area contributed by atoms with Gasteiger partial charge in [-0.05, 0) is 43.2 Å². The van der Waals surface area contributed by atoms with Gasteiger partial charge < -0.3 is 10.4 Å². The maximum Gasteiger partial charge on any atom is 0.256 e. The normalized spacial score (nSPS) is 9.75. The number of anilines is 1. The first kappa shape index (κ1) is 14.3. The highest BCUT2D eigenvalue weighted by molar-refractivity contribution is 7.10. The number of aryl methyl sites for hydroxylation is 2. The molecular formula is C16H15NO2S. The van der Waals surface area contributed by atoms with Crippen LogP contribution in [0.5, 0.6) is 0 Å². The van der Waals surface area contributed by atoms with E-state index < -0.39 is 0 Å². The van der Waals surface area contributed by atoms with Gasteiger partial charge in [0.25, 0.3) is 5.91 Å². The van der Waals surface area contributed by atoms with Crippen molar-refractivity contribution in [1.29, 1.82) is 0 Å². The van der Waals surface area contributed by atoms with Crippen molar-refractivity contribution < 1.29 is 9.90 Å². The summed E-state index contributed by atoms with van der Waals surface area (Å²) >= 11 is 1.39. The molecule has 0 bridgehead atoms. The molecule has 1 amide bonds. The largest absolute Gasteiger partial charge is 0.384 e. The molecule has 0 unspecified atom stereocenters. The highest BCUT2D eigenvalue weighted by Crippen LogP contribution is 2.18. The van der Waals surface area contributed by atoms with Gasteiger partial charge in [-0.2, -0.15) is 0 Å². The van der Waals surface area contributed by atoms with E-state index in [4.69, 9.17) is 5.11 Å². The van der Waals surface area contributed by atoms with Crippen molar-refractivity contribution in [1.82, 2.24) is 0 Å². The summed E-state index contributed by atoms with van der Waals surface area (Å²) in [5.74, 6) is 5.20. The molecule has 0 radical (unpaired) electrons. The van der Waals surface area contributed by atoms with Gasteiger partial charge in [0, 0.05) is 11.1 Å². The molecule has 0 atom stereocenters. The number of hydrogen-bond donors (Lipinski definition) is 2. The van der Waals surface area contributed by atoms with Crippen LogP contribution >= 0.6 is 11.3 Å². The molecule has 0 aliphatic carbocycles. The monoisotopic (exact) mass is 285 g/mol. The first-order chi connectivity index (χ1) is 9.60. The van der Waals surface area contributed by atoms with Crippen molar-refractivity contribution in [2.24, 2.45) is 0 Å². The zero-order valence-electron chi connectivity index (χ0n) is 11.4. The van der Waals surface area contributed by atoms with Crippen LogP contribution in [0.1, 0.15) is 26.4 Å². The lowest BCUT2D eigenvalue weighted by atomic mass is 10.1. The molecule has 0 aliphatic heterocycles. The average molecular weight is 285 g/mol. The van der Waals surface area contributed by atoms with Gasteiger partial charge in [-0.15, -0.1) is 11.3 Å². The summed E-state index contributed by atoms with van der Waals surface area (Å²) in [5, 5.41) is 13.3. The van der Waals surface area contributed by atoms with Crippen LogP contribution in [0.3, 0.4) is 0 Å². The predicted molar refractivity (Wildman–Crippen MR) is 82.2 cm³/mol. The van der Waals surface area contributed by atoms with E-state index in [0.717, 1.165) is 16.1 Å². The molecule has 20 heavy (non-hydrogen) atoms. The smallest absolute Gasteiger partial charge is 0.256 e. The van der Waals surface area contributed by atoms with Gasteiger partial charge in [0.15, 0.2) is 0 Å². The number of aliphatic hydroxyl groups excluding tert-OH is 1. The Morgan fingerprint density at radius 2 is 2.10 bits per heavy atom. The van der Waals surface area contributed by atoms with Crippen molar-refractivity contribution in [3.63, 3.8) is 0 Å². The summed E-state index contributed by atoms with van der Waals surface area (Å²) in [6.45, 7) is 3.87. The third kappa shape index (κ3) is 3.47. The summed E-state index contributed by atoms with van der Waals surface area (Å²) < 4.78 is 0. The van der Waals surface area contributed by atoms with E-state index in [9.17, 15) is 4.79 Å². The molecule has 0 saturated heterocycles. The summed E-state index contributed by atoms with van der Waals surface area (Å²) in [6, 6.07) is 7.55. The van der Waals surface area contributed by atoms with E-state index in [1.54, 1.807) is 11.4 Å². The van der Waals surface area contributed by atoms with E-state index in [0.29, 0.717) is 5.56 Å². The Morgan fingerprint density at radius 3 is 2.80 bits per heavy atom. The number of thiophene rings is 1. The number of amides is 1. The van der Waals surface area contributed by atoms with Gasteiger partial charge in [-0.25, -0.2) is 0 Å². The minimum Gasteiger partial charge on any atom is -0.384 e. The first-order valence-electron chi connectivity index (χ1n) is 6.17. The number of benzene rings is 1. The highest BCUT2D eigenvalue weighted by Gasteiger charge is 2.08. The maximum absolute atomic E-state index is 12.1. The van der Waals surface area contributed by atoms with Gasteiger partial charge in [0.05, 0.1) is 10.4 Å². The Balaban J connectivity index is 2.11. The second kappa shape index (κ2) is 6.38. The van der Waals surface area contributed by atoms with Gasteiger partial charge >= 0.3 is 0 Å². The lowest BCUT2D eigenvalue weighted by Gasteiger charge is -2.06. The van der Waals surface area contributed by atoms with Crippen molar-refractivity contribution in [2.75, 3.05) is 11.9 Å². The standard InChI is InChI=1S/C16H15NO2S/c1-11-5-6-14(8-12(11)2)17-16(19)13-9-15(20-10-13)4-3-7-18/h5-6,8-10,18H,7H2,1-2H3,(H,17,19). The van der Waals surface area contributed by atoms with Crippen LogP contribution in [-0.4, -0.2) is 17.6 Å². The quantitative estimate of drug-likeness (QED) is 0.833. The van der Waals surface area contributed by atoms with Crippen LogP contribution < -0.4 is 5.32 Å². The van der Waals surface area contributed by atoms with E-state index >= 15 is 0 Å². The molecule has 0 saturated carbocycles. The molecule has 0 aliphatic rings. The summed E-state index contributed by atoms with van der Waals surface area (Å²) in [7, 11) is 0. The van der Waals surface area contributed by atoms with Crippen LogP contribution in [0.2, 0.25) is 0 Å². The minimum atomic E-state index is -0.178. The Morgan fingerprint density at radius 1 is 1.30 bits per heavy atom. The van der Waals surface area contributed by atoms with E-state index in [2.05, 4.69) is 17.2 Å². The second-order valence-electron chi connectivity index (χ2n) is 4.41. The number of nitrogens with one attached hydrogen (secondary N) is 1. The van der Waals surface area contributed by atoms with Crippen molar-refractivity contribution >= 4 is 22.9 Å². The molecule has 102 valence electrons. The van der Waals surface area contributed by atoms with Gasteiger partial charge in [0.1, 0.15) is 6.61 Å². The average Bonchev–Trinajstić information content (AvgIpc) is 2.89. The number of carbonyl (C=O) groups is 1. The molecule has 0 fully saturated rings. The fraction of sp³-hybridized carbons (Fsp3) is 0.188. The SMILES string of the molecule is Cc1ccc(NC(=O)c2csc(C#CCO)c2)cc1C. The number of rotatable bonds is 2. The van der Waals surface area contributed by atoms with Crippen LogP contribution in [-0.2, 0) is 0 Å². The Hall–Kier alpha value is -2.09. The molecule has 0 spiro atoms. The predicted octanol–water partition coefficient (Wildman–Crippen LogP) is 2.96. The fourth-order valence-electron chi connectivity index (χ4n) is 1.67. The van der Waals surface area contributed by atoms with E-state index in [1.165, 1.54) is 16.9 Å². The summed E-state index contributed by atoms with van der Waals surface area (Å²) in [4.78, 5) is 12.9. The van der Waals surface area contributed by atoms with Gasteiger partial charge in [-0.3, -0.25) is 4.79 Å². The minimum absolute atomic E-state index is 0.151. The van der Waals surface area contributed by atoms with Crippen LogP contribution in [0, 0.1) is 25.7 Å². The lowest BCUT2D eigenvalue weighted by Crippen LogP contribution is -2.10. The fourth-order valence-corrected chi connectivity index (χ4v) is 2.43. The second-order valence-corrected chi connectivity index (χ2v) is 5.32. The van der Waals surface area contributed by atoms with Gasteiger partial charge in [0.2, 0.25) is 0 Å². The third-order valence-electron chi connectivity index (χ3n) is 2.92. The number of carbonyl (C=O) groups excluding carboxylic acids is 1. The van der Waals surface area contributed by atoms with Crippen LogP contribution in [0.4, 0.5) is 5.69 Å². The molecule has 2 N–H and O–H groups in total. The first-order valence-corrected chi connectivity index (χ1v) is 7.05. The Bertz CT molecular complexity index is 692. The molecule has 1 heterocycles. The zero-order valence-corrected chi connectivity index (χ0v) is 12.2. The maximum atomic E-state index is 12.1. The lowest BCUT2D eigenvalue weighted by molar-refractivity contribution is 0.102. The molecule has 2 rings (SSSR count). The molecule has 4 heteroatoms. The molecule has 2 aromatic rings. The van der Waals surface area contributed by atoms with Crippen LogP contribution in [0.15, 0.2) is 29.6 Å². The topological polar surface area (TPSA) is 49.3 Å². The Labute approximate surface area is 122 Å². The zero-order chi connectivity index (χ0) is 14.5. The molecule has 3 nitrogen and oxygen atoms in total. The summed E-state index contributed by atoms with van der Waals surface area (Å²) in [5.41, 5.74) is 3.70. The van der Waals surface area contributed by atoms with Gasteiger partial charge in [-0.1, -0.05) is 17.9 Å². The molecule has 1 aromatic heterocycles. The highest BCUT2D eigenvalue weighted by atomic mass is 32.1. The van der Waals surface area contributed by atoms with Crippen molar-refractivity contribution in [3.8, 4) is 11.8 Å². The van der Waals surface area contributed by atoms with Crippen LogP contribution in [0.25, 0.3) is 0 Å². The molecular weight excluding hydrogens is 270 g/mol. The van der Waals surface area contributed by atoms with Crippen molar-refractivity contribution in [2.45, 2.75) is 13.8 Å². The number of hydrogen-bond acceptors (Lipinski definition) is 3. The van der Waals surface area contributed by atoms with E-state index in [1.807, 2.05) is 32.0 Å².